The molecule has 0 saturated heterocycles. The number of rotatable bonds is 3. The molecule has 0 aromatic heterocycles. The van der Waals surface area contributed by atoms with Crippen molar-refractivity contribution in [2.24, 2.45) is 0 Å². The third-order valence-electron chi connectivity index (χ3n) is 2.60. The zero-order valence-electron chi connectivity index (χ0n) is 9.49. The van der Waals surface area contributed by atoms with Crippen LogP contribution in [-0.4, -0.2) is 30.7 Å². The number of phenolic OH excluding ortho intramolecular Hbond substituents is 1. The normalized spacial score (nSPS) is 14.0. The highest BCUT2D eigenvalue weighted by Gasteiger charge is 2.23. The maximum Gasteiger partial charge on any atom is 0.115 e. The molecule has 0 amide bonds. The molecule has 78 valence electrons. The van der Waals surface area contributed by atoms with Gasteiger partial charge in [-0.25, -0.2) is 0 Å². The van der Waals surface area contributed by atoms with E-state index in [0.29, 0.717) is 11.8 Å². The van der Waals surface area contributed by atoms with Crippen molar-refractivity contribution in [3.05, 3.63) is 29.8 Å². The zero-order valence-corrected chi connectivity index (χ0v) is 9.49. The minimum Gasteiger partial charge on any atom is -0.508 e. The van der Waals surface area contributed by atoms with Gasteiger partial charge in [-0.15, -0.1) is 0 Å². The fourth-order valence-electron chi connectivity index (χ4n) is 1.93. The van der Waals surface area contributed by atoms with E-state index < -0.39 is 0 Å². The molecule has 14 heavy (non-hydrogen) atoms. The van der Waals surface area contributed by atoms with E-state index in [9.17, 15) is 5.11 Å². The summed E-state index contributed by atoms with van der Waals surface area (Å²) in [5.74, 6) is 0.338. The number of aromatic hydroxyl groups is 1. The van der Waals surface area contributed by atoms with Gasteiger partial charge >= 0.3 is 0 Å². The van der Waals surface area contributed by atoms with Crippen LogP contribution in [0.4, 0.5) is 0 Å². The first-order chi connectivity index (χ1) is 6.45. The number of hydrogen-bond donors (Lipinski definition) is 1. The van der Waals surface area contributed by atoms with Crippen LogP contribution in [0.5, 0.6) is 5.75 Å². The van der Waals surface area contributed by atoms with Crippen LogP contribution in [0.15, 0.2) is 24.3 Å². The maximum atomic E-state index is 9.21. The molecule has 1 aromatic rings. The van der Waals surface area contributed by atoms with Gasteiger partial charge in [0.05, 0.1) is 21.1 Å². The van der Waals surface area contributed by atoms with Gasteiger partial charge in [-0.3, -0.25) is 0 Å². The fraction of sp³-hybridized carbons (Fsp3) is 0.500. The maximum absolute atomic E-state index is 9.21. The van der Waals surface area contributed by atoms with Crippen LogP contribution in [0.3, 0.4) is 0 Å². The van der Waals surface area contributed by atoms with Crippen LogP contribution in [0.1, 0.15) is 24.9 Å². The quantitative estimate of drug-likeness (QED) is 0.733. The monoisotopic (exact) mass is 194 g/mol. The minimum atomic E-state index is 0.338. The molecule has 1 N–H and O–H groups in total. The Hall–Kier alpha value is -1.02. The number of quaternary nitrogens is 1. The van der Waals surface area contributed by atoms with Gasteiger partial charge in [-0.2, -0.15) is 0 Å². The van der Waals surface area contributed by atoms with Crippen molar-refractivity contribution < 1.29 is 9.59 Å². The molecule has 2 heteroatoms. The van der Waals surface area contributed by atoms with Crippen LogP contribution in [0.2, 0.25) is 0 Å². The first-order valence-corrected chi connectivity index (χ1v) is 5.05. The van der Waals surface area contributed by atoms with E-state index in [1.807, 2.05) is 12.1 Å². The van der Waals surface area contributed by atoms with E-state index in [2.05, 4.69) is 28.1 Å². The van der Waals surface area contributed by atoms with Crippen molar-refractivity contribution in [3.63, 3.8) is 0 Å². The van der Waals surface area contributed by atoms with E-state index in [1.165, 1.54) is 5.56 Å². The average molecular weight is 194 g/mol. The summed E-state index contributed by atoms with van der Waals surface area (Å²) in [5.41, 5.74) is 1.29. The van der Waals surface area contributed by atoms with E-state index in [1.54, 1.807) is 12.1 Å². The molecule has 1 atom stereocenters. The topological polar surface area (TPSA) is 20.2 Å². The molecule has 1 aromatic carbocycles. The number of benzene rings is 1. The molecule has 0 aliphatic carbocycles. The molecule has 0 radical (unpaired) electrons. The lowest BCUT2D eigenvalue weighted by Gasteiger charge is -2.33. The highest BCUT2D eigenvalue weighted by atomic mass is 16.3. The van der Waals surface area contributed by atoms with E-state index in [0.717, 1.165) is 10.9 Å². The van der Waals surface area contributed by atoms with Crippen LogP contribution in [0.25, 0.3) is 0 Å². The lowest BCUT2D eigenvalue weighted by atomic mass is 10.0. The van der Waals surface area contributed by atoms with Crippen LogP contribution in [-0.2, 0) is 0 Å². The second-order valence-electron chi connectivity index (χ2n) is 4.63. The summed E-state index contributed by atoms with van der Waals surface area (Å²) in [6, 6.07) is 8.02. The van der Waals surface area contributed by atoms with E-state index >= 15 is 0 Å². The van der Waals surface area contributed by atoms with Crippen molar-refractivity contribution in [2.45, 2.75) is 19.4 Å². The molecule has 0 bridgehead atoms. The SMILES string of the molecule is CCC(c1ccc(O)cc1)[N+](C)(C)C. The summed E-state index contributed by atoms with van der Waals surface area (Å²) >= 11 is 0. The van der Waals surface area contributed by atoms with Crippen molar-refractivity contribution in [1.82, 2.24) is 0 Å². The van der Waals surface area contributed by atoms with Gasteiger partial charge in [-0.05, 0) is 24.3 Å². The van der Waals surface area contributed by atoms with Gasteiger partial charge in [0.1, 0.15) is 11.8 Å². The standard InChI is InChI=1S/C12H19NO/c1-5-12(13(2,3)4)10-6-8-11(14)9-7-10/h6-9,12H,5H2,1-4H3/p+1. The van der Waals surface area contributed by atoms with Crippen molar-refractivity contribution in [2.75, 3.05) is 21.1 Å². The Balaban J connectivity index is 2.96. The Kier molecular flexibility index (Phi) is 3.17. The van der Waals surface area contributed by atoms with E-state index in [-0.39, 0.29) is 0 Å². The molecule has 1 rings (SSSR count). The predicted molar refractivity (Wildman–Crippen MR) is 59.2 cm³/mol. The second kappa shape index (κ2) is 4.01. The van der Waals surface area contributed by atoms with Crippen molar-refractivity contribution >= 4 is 0 Å². The molecular weight excluding hydrogens is 174 g/mol. The van der Waals surface area contributed by atoms with Gasteiger partial charge in [0, 0.05) is 12.0 Å². The first kappa shape index (κ1) is 11.1. The molecule has 0 fully saturated rings. The largest absolute Gasteiger partial charge is 0.508 e. The summed E-state index contributed by atoms with van der Waals surface area (Å²) in [6.45, 7) is 2.20. The van der Waals surface area contributed by atoms with Crippen LogP contribution < -0.4 is 0 Å². The van der Waals surface area contributed by atoms with Crippen LogP contribution >= 0.6 is 0 Å². The lowest BCUT2D eigenvalue weighted by Crippen LogP contribution is -2.38. The number of hydrogen-bond acceptors (Lipinski definition) is 1. The molecule has 0 aliphatic heterocycles. The van der Waals surface area contributed by atoms with E-state index in [4.69, 9.17) is 0 Å². The Morgan fingerprint density at radius 2 is 1.64 bits per heavy atom. The summed E-state index contributed by atoms with van der Waals surface area (Å²) in [7, 11) is 6.59. The van der Waals surface area contributed by atoms with Gasteiger partial charge in [0.15, 0.2) is 0 Å². The Morgan fingerprint density at radius 3 is 2.00 bits per heavy atom. The highest BCUT2D eigenvalue weighted by molar-refractivity contribution is 5.27. The van der Waals surface area contributed by atoms with Gasteiger partial charge < -0.3 is 9.59 Å². The summed E-state index contributed by atoms with van der Waals surface area (Å²) in [4.78, 5) is 0. The molecule has 0 spiro atoms. The van der Waals surface area contributed by atoms with Gasteiger partial charge in [-0.1, -0.05) is 6.92 Å². The highest BCUT2D eigenvalue weighted by Crippen LogP contribution is 2.27. The average Bonchev–Trinajstić information content (AvgIpc) is 2.07. The minimum absolute atomic E-state index is 0.338. The molecular formula is C12H20NO+. The molecule has 0 saturated carbocycles. The van der Waals surface area contributed by atoms with Gasteiger partial charge in [0.25, 0.3) is 0 Å². The first-order valence-electron chi connectivity index (χ1n) is 5.05. The Bertz CT molecular complexity index is 284. The summed E-state index contributed by atoms with van der Waals surface area (Å²) in [5, 5.41) is 9.21. The number of phenols is 1. The zero-order chi connectivity index (χ0) is 10.8. The van der Waals surface area contributed by atoms with Crippen LogP contribution in [0, 0.1) is 0 Å². The molecule has 0 aliphatic rings. The predicted octanol–water partition coefficient (Wildman–Crippen LogP) is 2.55. The third-order valence-corrected chi connectivity index (χ3v) is 2.60. The Morgan fingerprint density at radius 1 is 1.14 bits per heavy atom. The third kappa shape index (κ3) is 2.48. The Labute approximate surface area is 86.4 Å². The van der Waals surface area contributed by atoms with Crippen molar-refractivity contribution in [1.29, 1.82) is 0 Å². The van der Waals surface area contributed by atoms with Gasteiger partial charge in [0.2, 0.25) is 0 Å². The lowest BCUT2D eigenvalue weighted by molar-refractivity contribution is -0.902. The summed E-state index contributed by atoms with van der Waals surface area (Å²) < 4.78 is 0.918. The van der Waals surface area contributed by atoms with Crippen molar-refractivity contribution in [3.8, 4) is 5.75 Å². The molecule has 1 unspecified atom stereocenters. The molecule has 2 nitrogen and oxygen atoms in total. The smallest absolute Gasteiger partial charge is 0.115 e. The second-order valence-corrected chi connectivity index (χ2v) is 4.63. The fourth-order valence-corrected chi connectivity index (χ4v) is 1.93. The molecule has 0 heterocycles. The summed E-state index contributed by atoms with van der Waals surface area (Å²) in [6.07, 6.45) is 1.11. The number of nitrogens with zero attached hydrogens (tertiary/aromatic N) is 1.